The molecule has 0 saturated heterocycles. The summed E-state index contributed by atoms with van der Waals surface area (Å²) in [5, 5.41) is 16.0. The maximum absolute atomic E-state index is 10.0. The minimum Gasteiger partial charge on any atom is -0.507 e. The topological polar surface area (TPSA) is 20.2 Å². The summed E-state index contributed by atoms with van der Waals surface area (Å²) in [5.41, 5.74) is 0. The van der Waals surface area contributed by atoms with Gasteiger partial charge in [-0.2, -0.15) is 0 Å². The fourth-order valence-corrected chi connectivity index (χ4v) is 5.32. The molecule has 24 heavy (non-hydrogen) atoms. The molecule has 4 rings (SSSR count). The molecule has 116 valence electrons. The van der Waals surface area contributed by atoms with Crippen LogP contribution in [-0.2, 0) is 0 Å². The molecule has 0 spiro atoms. The van der Waals surface area contributed by atoms with E-state index in [0.29, 0.717) is 5.75 Å². The second-order valence-corrected chi connectivity index (χ2v) is 7.91. The van der Waals surface area contributed by atoms with E-state index in [1.165, 1.54) is 15.9 Å². The zero-order valence-electron chi connectivity index (χ0n) is 13.1. The van der Waals surface area contributed by atoms with Gasteiger partial charge in [0, 0.05) is 5.39 Å². The van der Waals surface area contributed by atoms with Crippen molar-refractivity contribution < 1.29 is 5.11 Å². The van der Waals surface area contributed by atoms with E-state index >= 15 is 0 Å². The van der Waals surface area contributed by atoms with Crippen molar-refractivity contribution in [3.05, 3.63) is 97.1 Å². The molecule has 4 aromatic carbocycles. The molecule has 1 nitrogen and oxygen atoms in total. The lowest BCUT2D eigenvalue weighted by Crippen LogP contribution is -2.20. The summed E-state index contributed by atoms with van der Waals surface area (Å²) < 4.78 is 0. The number of fused-ring (bicyclic) bond motifs is 1. The molecule has 1 N–H and O–H groups in total. The highest BCUT2D eigenvalue weighted by molar-refractivity contribution is 7.79. The zero-order chi connectivity index (χ0) is 16.4. The van der Waals surface area contributed by atoms with Gasteiger partial charge in [0.2, 0.25) is 0 Å². The van der Waals surface area contributed by atoms with E-state index in [-0.39, 0.29) is 0 Å². The third-order valence-electron chi connectivity index (χ3n) is 4.13. The van der Waals surface area contributed by atoms with Crippen molar-refractivity contribution in [2.45, 2.75) is 0 Å². The van der Waals surface area contributed by atoms with E-state index in [0.717, 1.165) is 10.8 Å². The molecule has 4 aromatic rings. The Bertz CT molecular complexity index is 925. The third kappa shape index (κ3) is 2.79. The molecular formula is C22H17OP. The highest BCUT2D eigenvalue weighted by Crippen LogP contribution is 2.34. The van der Waals surface area contributed by atoms with E-state index in [9.17, 15) is 5.11 Å². The fourth-order valence-electron chi connectivity index (χ4n) is 2.99. The summed E-state index contributed by atoms with van der Waals surface area (Å²) in [6.45, 7) is 0. The predicted octanol–water partition coefficient (Wildman–Crippen LogP) is 4.30. The van der Waals surface area contributed by atoms with Crippen LogP contribution in [0, 0.1) is 0 Å². The van der Waals surface area contributed by atoms with Gasteiger partial charge in [-0.15, -0.1) is 0 Å². The van der Waals surface area contributed by atoms with Crippen LogP contribution in [0.4, 0.5) is 0 Å². The zero-order valence-corrected chi connectivity index (χ0v) is 14.0. The lowest BCUT2D eigenvalue weighted by Gasteiger charge is -2.19. The minimum atomic E-state index is -0.610. The summed E-state index contributed by atoms with van der Waals surface area (Å²) in [5.74, 6) is 0.336. The van der Waals surface area contributed by atoms with Crippen molar-refractivity contribution in [3.63, 3.8) is 0 Å². The van der Waals surface area contributed by atoms with Crippen LogP contribution in [0.2, 0.25) is 0 Å². The quantitative estimate of drug-likeness (QED) is 0.556. The van der Waals surface area contributed by atoms with Crippen molar-refractivity contribution >= 4 is 34.6 Å². The number of rotatable bonds is 3. The van der Waals surface area contributed by atoms with E-state index in [1.807, 2.05) is 12.1 Å². The van der Waals surface area contributed by atoms with Crippen LogP contribution in [0.5, 0.6) is 5.75 Å². The van der Waals surface area contributed by atoms with Crippen LogP contribution >= 0.6 is 7.92 Å². The van der Waals surface area contributed by atoms with Crippen LogP contribution in [0.25, 0.3) is 10.8 Å². The van der Waals surface area contributed by atoms with Crippen LogP contribution in [0.1, 0.15) is 0 Å². The molecule has 0 aliphatic heterocycles. The molecule has 0 amide bonds. The second kappa shape index (κ2) is 6.47. The van der Waals surface area contributed by atoms with E-state index < -0.39 is 7.92 Å². The van der Waals surface area contributed by atoms with Gasteiger partial charge in [0.15, 0.2) is 0 Å². The van der Waals surface area contributed by atoms with Crippen LogP contribution in [0.3, 0.4) is 0 Å². The third-order valence-corrected chi connectivity index (χ3v) is 6.55. The lowest BCUT2D eigenvalue weighted by molar-refractivity contribution is 0.481. The monoisotopic (exact) mass is 328 g/mol. The molecule has 0 aliphatic carbocycles. The first-order valence-corrected chi connectivity index (χ1v) is 9.29. The molecule has 0 unspecified atom stereocenters. The van der Waals surface area contributed by atoms with Crippen LogP contribution in [-0.4, -0.2) is 5.11 Å². The Morgan fingerprint density at radius 2 is 1.17 bits per heavy atom. The fraction of sp³-hybridized carbons (Fsp3) is 0. The van der Waals surface area contributed by atoms with Gasteiger partial charge in [-0.05, 0) is 41.4 Å². The lowest BCUT2D eigenvalue weighted by atomic mass is 10.1. The number of benzene rings is 4. The summed E-state index contributed by atoms with van der Waals surface area (Å²) in [6, 6.07) is 33.4. The summed E-state index contributed by atoms with van der Waals surface area (Å²) >= 11 is 0. The number of phenolic OH excluding ortho intramolecular Hbond substituents is 1. The SMILES string of the molecule is Oc1cccc2cc(P(c3ccccc3)c3ccccc3)ccc12. The number of aromatic hydroxyl groups is 1. The van der Waals surface area contributed by atoms with Crippen molar-refractivity contribution in [1.29, 1.82) is 0 Å². The normalized spacial score (nSPS) is 11.0. The molecule has 0 radical (unpaired) electrons. The van der Waals surface area contributed by atoms with Gasteiger partial charge in [-0.25, -0.2) is 0 Å². The summed E-state index contributed by atoms with van der Waals surface area (Å²) in [4.78, 5) is 0. The van der Waals surface area contributed by atoms with E-state index in [4.69, 9.17) is 0 Å². The van der Waals surface area contributed by atoms with Gasteiger partial charge in [0.05, 0.1) is 0 Å². The van der Waals surface area contributed by atoms with Gasteiger partial charge < -0.3 is 5.11 Å². The standard InChI is InChI=1S/C22H17OP/c23-22-13-7-8-17-16-20(14-15-21(17)22)24(18-9-3-1-4-10-18)19-11-5-2-6-12-19/h1-16,23H. The number of hydrogen-bond acceptors (Lipinski definition) is 1. The van der Waals surface area contributed by atoms with Crippen LogP contribution < -0.4 is 15.9 Å². The molecular weight excluding hydrogens is 311 g/mol. The summed E-state index contributed by atoms with van der Waals surface area (Å²) in [7, 11) is -0.610. The highest BCUT2D eigenvalue weighted by atomic mass is 31.1. The van der Waals surface area contributed by atoms with Crippen LogP contribution in [0.15, 0.2) is 97.1 Å². The van der Waals surface area contributed by atoms with Gasteiger partial charge in [0.25, 0.3) is 0 Å². The Labute approximate surface area is 143 Å². The first kappa shape index (κ1) is 14.9. The molecule has 0 aliphatic rings. The van der Waals surface area contributed by atoms with Crippen molar-refractivity contribution in [2.75, 3.05) is 0 Å². The number of hydrogen-bond donors (Lipinski definition) is 1. The average Bonchev–Trinajstić information content (AvgIpc) is 2.64. The van der Waals surface area contributed by atoms with Gasteiger partial charge in [0.1, 0.15) is 5.75 Å². The molecule has 0 bridgehead atoms. The predicted molar refractivity (Wildman–Crippen MR) is 104 cm³/mol. The second-order valence-electron chi connectivity index (χ2n) is 5.69. The molecule has 0 fully saturated rings. The van der Waals surface area contributed by atoms with Crippen molar-refractivity contribution in [2.24, 2.45) is 0 Å². The first-order chi connectivity index (χ1) is 11.8. The maximum atomic E-state index is 10.0. The van der Waals surface area contributed by atoms with E-state index in [2.05, 4.69) is 78.9 Å². The Kier molecular flexibility index (Phi) is 4.02. The Balaban J connectivity index is 1.91. The Morgan fingerprint density at radius 3 is 1.79 bits per heavy atom. The molecule has 0 aromatic heterocycles. The van der Waals surface area contributed by atoms with Gasteiger partial charge in [-0.1, -0.05) is 84.9 Å². The van der Waals surface area contributed by atoms with Crippen molar-refractivity contribution in [3.8, 4) is 5.75 Å². The molecule has 0 atom stereocenters. The van der Waals surface area contributed by atoms with Crippen molar-refractivity contribution in [1.82, 2.24) is 0 Å². The average molecular weight is 328 g/mol. The molecule has 2 heteroatoms. The Morgan fingerprint density at radius 1 is 0.542 bits per heavy atom. The number of phenols is 1. The van der Waals surface area contributed by atoms with E-state index in [1.54, 1.807) is 6.07 Å². The first-order valence-electron chi connectivity index (χ1n) is 7.95. The summed E-state index contributed by atoms with van der Waals surface area (Å²) in [6.07, 6.45) is 0. The molecule has 0 saturated carbocycles. The Hall–Kier alpha value is -2.63. The maximum Gasteiger partial charge on any atom is 0.123 e. The van der Waals surface area contributed by atoms with Gasteiger partial charge in [-0.3, -0.25) is 0 Å². The smallest absolute Gasteiger partial charge is 0.123 e. The van der Waals surface area contributed by atoms with Gasteiger partial charge >= 0.3 is 0 Å². The highest BCUT2D eigenvalue weighted by Gasteiger charge is 2.16. The largest absolute Gasteiger partial charge is 0.507 e. The molecule has 0 heterocycles. The minimum absolute atomic E-state index is 0.336.